The molecule has 1 heterocycles. The molecule has 33 heavy (non-hydrogen) atoms. The van der Waals surface area contributed by atoms with Crippen molar-refractivity contribution in [3.05, 3.63) is 66.0 Å². The predicted octanol–water partition coefficient (Wildman–Crippen LogP) is 6.22. The van der Waals surface area contributed by atoms with E-state index in [2.05, 4.69) is 66.3 Å². The molecule has 0 radical (unpaired) electrons. The lowest BCUT2D eigenvalue weighted by Gasteiger charge is -2.04. The van der Waals surface area contributed by atoms with Crippen molar-refractivity contribution in [2.75, 3.05) is 0 Å². The van der Waals surface area contributed by atoms with Crippen molar-refractivity contribution in [2.24, 2.45) is 0 Å². The van der Waals surface area contributed by atoms with Crippen LogP contribution in [0.4, 0.5) is 0 Å². The molecule has 2 heteroatoms. The maximum Gasteiger partial charge on any atom is 0.173 e. The van der Waals surface area contributed by atoms with Crippen LogP contribution < -0.4 is 17.0 Å². The Morgan fingerprint density at radius 3 is 1.36 bits per heavy atom. The van der Waals surface area contributed by atoms with Crippen molar-refractivity contribution < 1.29 is 17.0 Å². The molecule has 2 aromatic rings. The summed E-state index contributed by atoms with van der Waals surface area (Å²) < 4.78 is 2.27. The summed E-state index contributed by atoms with van der Waals surface area (Å²) in [6, 6.07) is 15.3. The minimum absolute atomic E-state index is 0. The summed E-state index contributed by atoms with van der Waals surface area (Å²) in [5, 5.41) is 0. The van der Waals surface area contributed by atoms with Crippen molar-refractivity contribution >= 4 is 0 Å². The summed E-state index contributed by atoms with van der Waals surface area (Å²) in [5.41, 5.74) is 2.84. The van der Waals surface area contributed by atoms with E-state index in [1.54, 1.807) is 0 Å². The van der Waals surface area contributed by atoms with E-state index in [4.69, 9.17) is 0 Å². The summed E-state index contributed by atoms with van der Waals surface area (Å²) in [4.78, 5) is 0. The minimum Gasteiger partial charge on any atom is -1.00 e. The van der Waals surface area contributed by atoms with Gasteiger partial charge in [-0.15, -0.1) is 0 Å². The molecule has 0 saturated carbocycles. The van der Waals surface area contributed by atoms with E-state index in [1.165, 1.54) is 127 Å². The second-order valence-electron chi connectivity index (χ2n) is 9.77. The molecule has 0 amide bonds. The van der Waals surface area contributed by atoms with E-state index in [9.17, 15) is 0 Å². The van der Waals surface area contributed by atoms with Crippen LogP contribution in [-0.4, -0.2) is 0 Å². The quantitative estimate of drug-likeness (QED) is 0.159. The number of pyridine rings is 1. The third kappa shape index (κ3) is 16.0. The highest BCUT2D eigenvalue weighted by Gasteiger charge is 2.03. The zero-order chi connectivity index (χ0) is 22.5. The smallest absolute Gasteiger partial charge is 0.173 e. The highest BCUT2D eigenvalue weighted by Crippen LogP contribution is 2.14. The number of aromatic nitrogens is 1. The molecular formula is C31H50ClN. The molecule has 0 aliphatic carbocycles. The molecule has 2 rings (SSSR count). The molecule has 1 aromatic carbocycles. The molecule has 1 aromatic heterocycles. The molecule has 1 nitrogen and oxygen atoms in total. The lowest BCUT2D eigenvalue weighted by molar-refractivity contribution is -0.688. The van der Waals surface area contributed by atoms with Crippen LogP contribution in [0, 0.1) is 0 Å². The Hall–Kier alpha value is -1.34. The Balaban J connectivity index is 0.00000544. The second kappa shape index (κ2) is 21.2. The van der Waals surface area contributed by atoms with Gasteiger partial charge in [0.25, 0.3) is 0 Å². The van der Waals surface area contributed by atoms with E-state index in [-0.39, 0.29) is 12.4 Å². The molecule has 0 bridgehead atoms. The molecule has 0 N–H and O–H groups in total. The van der Waals surface area contributed by atoms with Gasteiger partial charge in [0.1, 0.15) is 0 Å². The maximum absolute atomic E-state index is 2.30. The lowest BCUT2D eigenvalue weighted by atomic mass is 10.0. The third-order valence-corrected chi connectivity index (χ3v) is 6.74. The van der Waals surface area contributed by atoms with Gasteiger partial charge in [0, 0.05) is 17.7 Å². The van der Waals surface area contributed by atoms with Crippen LogP contribution >= 0.6 is 0 Å². The first-order valence-electron chi connectivity index (χ1n) is 13.9. The van der Waals surface area contributed by atoms with Gasteiger partial charge >= 0.3 is 0 Å². The van der Waals surface area contributed by atoms with Gasteiger partial charge in [-0.1, -0.05) is 140 Å². The summed E-state index contributed by atoms with van der Waals surface area (Å²) in [7, 11) is 0. The number of halogens is 1. The Bertz CT molecular complexity index is 652. The number of rotatable bonds is 20. The zero-order valence-electron chi connectivity index (χ0n) is 21.5. The first-order chi connectivity index (χ1) is 15.9. The third-order valence-electron chi connectivity index (χ3n) is 6.74. The van der Waals surface area contributed by atoms with Crippen molar-refractivity contribution in [1.82, 2.24) is 0 Å². The van der Waals surface area contributed by atoms with E-state index >= 15 is 0 Å². The number of nitrogens with zero attached hydrogens (tertiary/aromatic N) is 1. The number of hydrogen-bond donors (Lipinski definition) is 0. The molecule has 0 aliphatic heterocycles. The van der Waals surface area contributed by atoms with Crippen LogP contribution in [0.25, 0.3) is 0 Å². The summed E-state index contributed by atoms with van der Waals surface area (Å²) >= 11 is 0. The molecule has 0 unspecified atom stereocenters. The zero-order valence-corrected chi connectivity index (χ0v) is 22.2. The van der Waals surface area contributed by atoms with Gasteiger partial charge in [-0.2, -0.15) is 0 Å². The Morgan fingerprint density at radius 1 is 0.485 bits per heavy atom. The average molecular weight is 472 g/mol. The topological polar surface area (TPSA) is 3.88 Å². The van der Waals surface area contributed by atoms with Gasteiger partial charge in [-0.05, 0) is 18.4 Å². The Kier molecular flexibility index (Phi) is 19.1. The predicted molar refractivity (Wildman–Crippen MR) is 140 cm³/mol. The molecule has 0 saturated heterocycles. The van der Waals surface area contributed by atoms with Crippen LogP contribution in [0.3, 0.4) is 0 Å². The molecule has 0 spiro atoms. The van der Waals surface area contributed by atoms with Gasteiger partial charge in [0.15, 0.2) is 18.9 Å². The fourth-order valence-electron chi connectivity index (χ4n) is 4.61. The van der Waals surface area contributed by atoms with Crippen LogP contribution in [0.2, 0.25) is 0 Å². The SMILES string of the molecule is CCCCCCCCCCCCCCCCCCCc1cc[n+](Cc2ccccc2)cc1.[Cl-]. The van der Waals surface area contributed by atoms with Crippen LogP contribution in [0.1, 0.15) is 127 Å². The molecule has 0 atom stereocenters. The van der Waals surface area contributed by atoms with Gasteiger partial charge in [-0.3, -0.25) is 0 Å². The second-order valence-corrected chi connectivity index (χ2v) is 9.77. The van der Waals surface area contributed by atoms with E-state index in [0.29, 0.717) is 0 Å². The van der Waals surface area contributed by atoms with Gasteiger partial charge < -0.3 is 12.4 Å². The molecular weight excluding hydrogens is 422 g/mol. The Morgan fingerprint density at radius 2 is 0.909 bits per heavy atom. The highest BCUT2D eigenvalue weighted by molar-refractivity contribution is 5.13. The highest BCUT2D eigenvalue weighted by atomic mass is 35.5. The van der Waals surface area contributed by atoms with Crippen LogP contribution in [-0.2, 0) is 13.0 Å². The summed E-state index contributed by atoms with van der Waals surface area (Å²) in [6.07, 6.45) is 30.2. The fraction of sp³-hybridized carbons (Fsp3) is 0.645. The number of aryl methyl sites for hydroxylation is 1. The van der Waals surface area contributed by atoms with Crippen molar-refractivity contribution in [3.8, 4) is 0 Å². The monoisotopic (exact) mass is 471 g/mol. The normalized spacial score (nSPS) is 10.8. The van der Waals surface area contributed by atoms with Crippen LogP contribution in [0.15, 0.2) is 54.9 Å². The van der Waals surface area contributed by atoms with E-state index < -0.39 is 0 Å². The average Bonchev–Trinajstić information content (AvgIpc) is 2.83. The Labute approximate surface area is 211 Å². The van der Waals surface area contributed by atoms with Gasteiger partial charge in [0.05, 0.1) is 0 Å². The summed E-state index contributed by atoms with van der Waals surface area (Å²) in [6.45, 7) is 3.26. The maximum atomic E-state index is 2.30. The minimum atomic E-state index is 0. The standard InChI is InChI=1S/C31H50N.ClH/c1-2-3-4-5-6-7-8-9-10-11-12-13-14-15-16-17-19-22-30-25-27-32(28-26-30)29-31-23-20-18-21-24-31;/h18,20-21,23-28H,2-17,19,22,29H2,1H3;1H/q+1;/p-1. The molecule has 0 fully saturated rings. The first-order valence-corrected chi connectivity index (χ1v) is 13.9. The number of benzene rings is 1. The fourth-order valence-corrected chi connectivity index (χ4v) is 4.61. The van der Waals surface area contributed by atoms with Crippen molar-refractivity contribution in [1.29, 1.82) is 0 Å². The van der Waals surface area contributed by atoms with Crippen molar-refractivity contribution in [2.45, 2.75) is 129 Å². The lowest BCUT2D eigenvalue weighted by Crippen LogP contribution is -3.00. The van der Waals surface area contributed by atoms with Crippen molar-refractivity contribution in [3.63, 3.8) is 0 Å². The van der Waals surface area contributed by atoms with Crippen LogP contribution in [0.5, 0.6) is 0 Å². The largest absolute Gasteiger partial charge is 1.00 e. The van der Waals surface area contributed by atoms with E-state index in [1.807, 2.05) is 0 Å². The van der Waals surface area contributed by atoms with E-state index in [0.717, 1.165) is 6.54 Å². The first kappa shape index (κ1) is 29.7. The number of hydrogen-bond acceptors (Lipinski definition) is 0. The molecule has 186 valence electrons. The summed E-state index contributed by atoms with van der Waals surface area (Å²) in [5.74, 6) is 0. The molecule has 0 aliphatic rings. The number of unbranched alkanes of at least 4 members (excludes halogenated alkanes) is 16. The van der Waals surface area contributed by atoms with Gasteiger partial charge in [0.2, 0.25) is 0 Å². The van der Waals surface area contributed by atoms with Gasteiger partial charge in [-0.25, -0.2) is 4.57 Å².